The van der Waals surface area contributed by atoms with E-state index < -0.39 is 11.7 Å². The molecule has 2 aromatic rings. The van der Waals surface area contributed by atoms with Crippen LogP contribution in [0.25, 0.3) is 0 Å². The largest absolute Gasteiger partial charge is 0.318 e. The van der Waals surface area contributed by atoms with Crippen molar-refractivity contribution in [2.24, 2.45) is 0 Å². The summed E-state index contributed by atoms with van der Waals surface area (Å²) in [5.74, 6) is -1.06. The molecule has 0 atom stereocenters. The van der Waals surface area contributed by atoms with Crippen molar-refractivity contribution in [3.05, 3.63) is 52.8 Å². The first-order valence-electron chi connectivity index (χ1n) is 5.12. The second-order valence-electron chi connectivity index (χ2n) is 3.61. The molecule has 92 valence electrons. The van der Waals surface area contributed by atoms with Crippen LogP contribution in [0.15, 0.2) is 30.6 Å². The molecule has 4 nitrogen and oxygen atoms in total. The molecule has 1 heterocycles. The number of benzene rings is 1. The number of anilines is 1. The SMILES string of the molecule is Cc1cccc(F)c1NC(=O)c1cncc(Cl)n1. The van der Waals surface area contributed by atoms with Crippen LogP contribution in [-0.4, -0.2) is 15.9 Å². The zero-order valence-corrected chi connectivity index (χ0v) is 10.2. The molecule has 1 N–H and O–H groups in total. The topological polar surface area (TPSA) is 54.9 Å². The molecule has 0 radical (unpaired) electrons. The van der Waals surface area contributed by atoms with Crippen molar-refractivity contribution in [2.45, 2.75) is 6.92 Å². The van der Waals surface area contributed by atoms with Gasteiger partial charge in [-0.2, -0.15) is 0 Å². The molecule has 0 bridgehead atoms. The Morgan fingerprint density at radius 2 is 2.17 bits per heavy atom. The number of hydrogen-bond donors (Lipinski definition) is 1. The van der Waals surface area contributed by atoms with E-state index in [0.717, 1.165) is 0 Å². The average Bonchev–Trinajstić information content (AvgIpc) is 2.34. The maximum Gasteiger partial charge on any atom is 0.276 e. The number of amides is 1. The summed E-state index contributed by atoms with van der Waals surface area (Å²) in [7, 11) is 0. The molecule has 0 aliphatic heterocycles. The van der Waals surface area contributed by atoms with E-state index in [2.05, 4.69) is 15.3 Å². The lowest BCUT2D eigenvalue weighted by molar-refractivity contribution is 0.102. The van der Waals surface area contributed by atoms with Crippen LogP contribution in [0.2, 0.25) is 5.15 Å². The van der Waals surface area contributed by atoms with Gasteiger partial charge in [-0.3, -0.25) is 9.78 Å². The van der Waals surface area contributed by atoms with Gasteiger partial charge in [0.05, 0.1) is 18.1 Å². The molecule has 18 heavy (non-hydrogen) atoms. The third kappa shape index (κ3) is 2.62. The highest BCUT2D eigenvalue weighted by molar-refractivity contribution is 6.29. The first kappa shape index (κ1) is 12.4. The van der Waals surface area contributed by atoms with Crippen molar-refractivity contribution in [1.29, 1.82) is 0 Å². The van der Waals surface area contributed by atoms with E-state index in [-0.39, 0.29) is 16.5 Å². The second-order valence-corrected chi connectivity index (χ2v) is 4.00. The fourth-order valence-corrected chi connectivity index (χ4v) is 1.57. The predicted molar refractivity (Wildman–Crippen MR) is 66.1 cm³/mol. The number of halogens is 2. The Bertz CT molecular complexity index is 583. The molecule has 0 fully saturated rings. The number of hydrogen-bond acceptors (Lipinski definition) is 3. The molecule has 1 aromatic carbocycles. The van der Waals surface area contributed by atoms with Crippen LogP contribution in [0.1, 0.15) is 16.1 Å². The Balaban J connectivity index is 2.27. The number of para-hydroxylation sites is 1. The van der Waals surface area contributed by atoms with E-state index in [9.17, 15) is 9.18 Å². The number of rotatable bonds is 2. The monoisotopic (exact) mass is 265 g/mol. The molecule has 1 amide bonds. The highest BCUT2D eigenvalue weighted by atomic mass is 35.5. The molecular weight excluding hydrogens is 257 g/mol. The Morgan fingerprint density at radius 1 is 1.39 bits per heavy atom. The Hall–Kier alpha value is -2.01. The van der Waals surface area contributed by atoms with E-state index in [4.69, 9.17) is 11.6 Å². The maximum absolute atomic E-state index is 13.5. The first-order chi connectivity index (χ1) is 8.58. The van der Waals surface area contributed by atoms with Crippen LogP contribution in [0.5, 0.6) is 0 Å². The summed E-state index contributed by atoms with van der Waals surface area (Å²) < 4.78 is 13.5. The van der Waals surface area contributed by atoms with Crippen molar-refractivity contribution in [2.75, 3.05) is 5.32 Å². The molecule has 0 aliphatic carbocycles. The van der Waals surface area contributed by atoms with Gasteiger partial charge in [-0.15, -0.1) is 0 Å². The molecule has 6 heteroatoms. The molecular formula is C12H9ClFN3O. The lowest BCUT2D eigenvalue weighted by Gasteiger charge is -2.08. The first-order valence-corrected chi connectivity index (χ1v) is 5.50. The van der Waals surface area contributed by atoms with Crippen LogP contribution in [0, 0.1) is 12.7 Å². The van der Waals surface area contributed by atoms with Gasteiger partial charge in [-0.25, -0.2) is 9.37 Å². The lowest BCUT2D eigenvalue weighted by atomic mass is 10.2. The molecule has 0 saturated carbocycles. The Morgan fingerprint density at radius 3 is 2.83 bits per heavy atom. The zero-order valence-electron chi connectivity index (χ0n) is 9.45. The van der Waals surface area contributed by atoms with Gasteiger partial charge in [0.15, 0.2) is 0 Å². The molecule has 0 saturated heterocycles. The van der Waals surface area contributed by atoms with E-state index >= 15 is 0 Å². The molecule has 0 aliphatic rings. The fraction of sp³-hybridized carbons (Fsp3) is 0.0833. The van der Waals surface area contributed by atoms with Crippen LogP contribution in [0.3, 0.4) is 0 Å². The quantitative estimate of drug-likeness (QED) is 0.908. The van der Waals surface area contributed by atoms with Crippen LogP contribution >= 0.6 is 11.6 Å². The van der Waals surface area contributed by atoms with Gasteiger partial charge < -0.3 is 5.32 Å². The van der Waals surface area contributed by atoms with Gasteiger partial charge in [0.25, 0.3) is 5.91 Å². The van der Waals surface area contributed by atoms with Crippen LogP contribution in [-0.2, 0) is 0 Å². The number of carbonyl (C=O) groups excluding carboxylic acids is 1. The minimum absolute atomic E-state index is 0.0325. The molecule has 0 unspecified atom stereocenters. The lowest BCUT2D eigenvalue weighted by Crippen LogP contribution is -2.15. The molecule has 1 aromatic heterocycles. The molecule has 0 spiro atoms. The standard InChI is InChI=1S/C12H9ClFN3O/c1-7-3-2-4-8(14)11(7)17-12(18)9-5-15-6-10(13)16-9/h2-6H,1H3,(H,17,18). The van der Waals surface area contributed by atoms with Gasteiger partial charge >= 0.3 is 0 Å². The minimum Gasteiger partial charge on any atom is -0.318 e. The van der Waals surface area contributed by atoms with Crippen molar-refractivity contribution in [3.8, 4) is 0 Å². The van der Waals surface area contributed by atoms with Crippen molar-refractivity contribution >= 4 is 23.2 Å². The van der Waals surface area contributed by atoms with E-state index in [0.29, 0.717) is 5.56 Å². The van der Waals surface area contributed by atoms with E-state index in [1.807, 2.05) is 0 Å². The highest BCUT2D eigenvalue weighted by Crippen LogP contribution is 2.19. The third-order valence-electron chi connectivity index (χ3n) is 2.30. The number of nitrogens with zero attached hydrogens (tertiary/aromatic N) is 2. The van der Waals surface area contributed by atoms with Crippen LogP contribution in [0.4, 0.5) is 10.1 Å². The number of aromatic nitrogens is 2. The van der Waals surface area contributed by atoms with Crippen molar-refractivity contribution in [1.82, 2.24) is 9.97 Å². The van der Waals surface area contributed by atoms with Gasteiger partial charge in [-0.05, 0) is 18.6 Å². The fourth-order valence-electron chi connectivity index (χ4n) is 1.42. The number of nitrogens with one attached hydrogen (secondary N) is 1. The van der Waals surface area contributed by atoms with Crippen LogP contribution < -0.4 is 5.32 Å². The highest BCUT2D eigenvalue weighted by Gasteiger charge is 2.12. The average molecular weight is 266 g/mol. The Labute approximate surface area is 108 Å². The number of carbonyl (C=O) groups is 1. The van der Waals surface area contributed by atoms with E-state index in [1.165, 1.54) is 18.5 Å². The summed E-state index contributed by atoms with van der Waals surface area (Å²) in [6, 6.07) is 4.54. The smallest absolute Gasteiger partial charge is 0.276 e. The normalized spacial score (nSPS) is 10.2. The summed E-state index contributed by atoms with van der Waals surface area (Å²) in [6.45, 7) is 1.70. The van der Waals surface area contributed by atoms with Gasteiger partial charge in [0.2, 0.25) is 0 Å². The van der Waals surface area contributed by atoms with Gasteiger partial charge in [0, 0.05) is 0 Å². The third-order valence-corrected chi connectivity index (χ3v) is 2.48. The van der Waals surface area contributed by atoms with Crippen molar-refractivity contribution < 1.29 is 9.18 Å². The summed E-state index contributed by atoms with van der Waals surface area (Å²) in [5.41, 5.74) is 0.785. The van der Waals surface area contributed by atoms with Crippen molar-refractivity contribution in [3.63, 3.8) is 0 Å². The second kappa shape index (κ2) is 5.10. The predicted octanol–water partition coefficient (Wildman–Crippen LogP) is 2.83. The molecule has 2 rings (SSSR count). The summed E-state index contributed by atoms with van der Waals surface area (Å²) in [6.07, 6.45) is 2.57. The number of aryl methyl sites for hydroxylation is 1. The van der Waals surface area contributed by atoms with Gasteiger partial charge in [0.1, 0.15) is 16.7 Å². The zero-order chi connectivity index (χ0) is 13.1. The minimum atomic E-state index is -0.557. The maximum atomic E-state index is 13.5. The Kier molecular flexibility index (Phi) is 3.53. The van der Waals surface area contributed by atoms with E-state index in [1.54, 1.807) is 19.1 Å². The summed E-state index contributed by atoms with van der Waals surface area (Å²) in [5, 5.41) is 2.55. The summed E-state index contributed by atoms with van der Waals surface area (Å²) in [4.78, 5) is 19.4. The summed E-state index contributed by atoms with van der Waals surface area (Å²) >= 11 is 5.63. The van der Waals surface area contributed by atoms with Gasteiger partial charge in [-0.1, -0.05) is 23.7 Å².